The number of hydrogen-bond donors (Lipinski definition) is 1. The van der Waals surface area contributed by atoms with Crippen molar-refractivity contribution in [3.8, 4) is 0 Å². The zero-order chi connectivity index (χ0) is 20.6. The molecule has 2 aromatic rings. The highest BCUT2D eigenvalue weighted by atomic mass is 35.5. The van der Waals surface area contributed by atoms with Crippen molar-refractivity contribution < 1.29 is 9.59 Å². The normalized spacial score (nSPS) is 15.1. The summed E-state index contributed by atoms with van der Waals surface area (Å²) in [5.41, 5.74) is 0.952. The Kier molecular flexibility index (Phi) is 8.01. The molecule has 6 heteroatoms. The summed E-state index contributed by atoms with van der Waals surface area (Å²) >= 11 is 7.48. The van der Waals surface area contributed by atoms with Crippen LogP contribution in [0.25, 0.3) is 0 Å². The quantitative estimate of drug-likeness (QED) is 0.605. The molecule has 1 aliphatic carbocycles. The van der Waals surface area contributed by atoms with Gasteiger partial charge in [0.05, 0.1) is 5.75 Å². The lowest BCUT2D eigenvalue weighted by atomic mass is 10.1. The number of halogens is 1. The first-order chi connectivity index (χ1) is 14.0. The maximum Gasteiger partial charge on any atom is 0.242 e. The Labute approximate surface area is 182 Å². The molecule has 1 atom stereocenters. The fourth-order valence-corrected chi connectivity index (χ4v) is 4.44. The van der Waals surface area contributed by atoms with Crippen molar-refractivity contribution in [2.75, 3.05) is 5.75 Å². The lowest BCUT2D eigenvalue weighted by Gasteiger charge is -2.29. The highest BCUT2D eigenvalue weighted by Crippen LogP contribution is 2.21. The molecule has 29 heavy (non-hydrogen) atoms. The van der Waals surface area contributed by atoms with Crippen molar-refractivity contribution in [2.24, 2.45) is 0 Å². The van der Waals surface area contributed by atoms with E-state index in [1.807, 2.05) is 61.5 Å². The minimum Gasteiger partial charge on any atom is -0.352 e. The molecule has 2 amide bonds. The molecule has 0 unspecified atom stereocenters. The summed E-state index contributed by atoms with van der Waals surface area (Å²) in [4.78, 5) is 28.6. The molecule has 3 rings (SSSR count). The van der Waals surface area contributed by atoms with Gasteiger partial charge in [0.15, 0.2) is 0 Å². The van der Waals surface area contributed by atoms with E-state index in [0.29, 0.717) is 17.3 Å². The maximum absolute atomic E-state index is 13.1. The molecule has 0 radical (unpaired) electrons. The van der Waals surface area contributed by atoms with Crippen molar-refractivity contribution in [3.63, 3.8) is 0 Å². The van der Waals surface area contributed by atoms with Crippen molar-refractivity contribution >= 4 is 35.2 Å². The van der Waals surface area contributed by atoms with Gasteiger partial charge in [-0.3, -0.25) is 9.59 Å². The lowest BCUT2D eigenvalue weighted by Crippen LogP contribution is -2.50. The van der Waals surface area contributed by atoms with E-state index in [4.69, 9.17) is 11.6 Å². The van der Waals surface area contributed by atoms with Gasteiger partial charge in [-0.05, 0) is 49.6 Å². The summed E-state index contributed by atoms with van der Waals surface area (Å²) in [6, 6.07) is 16.9. The SMILES string of the molecule is C[C@H](C(=O)NC1CCCC1)N(Cc1ccc(Cl)cc1)C(=O)CSc1ccccc1. The van der Waals surface area contributed by atoms with Gasteiger partial charge in [-0.15, -0.1) is 11.8 Å². The monoisotopic (exact) mass is 430 g/mol. The second-order valence-electron chi connectivity index (χ2n) is 7.42. The minimum atomic E-state index is -0.532. The highest BCUT2D eigenvalue weighted by Gasteiger charge is 2.28. The Bertz CT molecular complexity index is 807. The molecule has 0 heterocycles. The first kappa shape index (κ1) is 21.7. The van der Waals surface area contributed by atoms with Crippen molar-refractivity contribution in [2.45, 2.75) is 56.1 Å². The van der Waals surface area contributed by atoms with Gasteiger partial charge in [-0.25, -0.2) is 0 Å². The summed E-state index contributed by atoms with van der Waals surface area (Å²) in [6.45, 7) is 2.19. The largest absolute Gasteiger partial charge is 0.352 e. The Morgan fingerprint density at radius 1 is 1.10 bits per heavy atom. The minimum absolute atomic E-state index is 0.0529. The Morgan fingerprint density at radius 3 is 2.41 bits per heavy atom. The average molecular weight is 431 g/mol. The molecule has 0 saturated heterocycles. The first-order valence-corrected chi connectivity index (χ1v) is 11.4. The summed E-state index contributed by atoms with van der Waals surface area (Å²) in [7, 11) is 0. The Balaban J connectivity index is 1.69. The number of thioether (sulfide) groups is 1. The van der Waals surface area contributed by atoms with Crippen LogP contribution >= 0.6 is 23.4 Å². The molecule has 2 aromatic carbocycles. The van der Waals surface area contributed by atoms with E-state index in [1.165, 1.54) is 11.8 Å². The second kappa shape index (κ2) is 10.7. The predicted molar refractivity (Wildman–Crippen MR) is 119 cm³/mol. The van der Waals surface area contributed by atoms with Crippen LogP contribution in [0.2, 0.25) is 5.02 Å². The maximum atomic E-state index is 13.1. The van der Waals surface area contributed by atoms with Gasteiger partial charge in [0.1, 0.15) is 6.04 Å². The van der Waals surface area contributed by atoms with E-state index < -0.39 is 6.04 Å². The lowest BCUT2D eigenvalue weighted by molar-refractivity contribution is -0.138. The van der Waals surface area contributed by atoms with Gasteiger partial charge < -0.3 is 10.2 Å². The van der Waals surface area contributed by atoms with Crippen LogP contribution in [0, 0.1) is 0 Å². The predicted octanol–water partition coefficient (Wildman–Crippen LogP) is 4.91. The van der Waals surface area contributed by atoms with Gasteiger partial charge in [0, 0.05) is 22.5 Å². The summed E-state index contributed by atoms with van der Waals surface area (Å²) < 4.78 is 0. The van der Waals surface area contributed by atoms with E-state index in [-0.39, 0.29) is 17.9 Å². The molecule has 0 aliphatic heterocycles. The molecule has 0 aromatic heterocycles. The molecule has 4 nitrogen and oxygen atoms in total. The van der Waals surface area contributed by atoms with Gasteiger partial charge in [0.2, 0.25) is 11.8 Å². The Hall–Kier alpha value is -1.98. The zero-order valence-electron chi connectivity index (χ0n) is 16.6. The zero-order valence-corrected chi connectivity index (χ0v) is 18.2. The molecular weight excluding hydrogens is 404 g/mol. The van der Waals surface area contributed by atoms with Gasteiger partial charge in [-0.1, -0.05) is 54.8 Å². The molecular formula is C23H27ClN2O2S. The molecule has 1 aliphatic rings. The fourth-order valence-electron chi connectivity index (χ4n) is 3.51. The summed E-state index contributed by atoms with van der Waals surface area (Å²) in [5, 5.41) is 3.77. The number of amides is 2. The number of nitrogens with zero attached hydrogens (tertiary/aromatic N) is 1. The fraction of sp³-hybridized carbons (Fsp3) is 0.391. The van der Waals surface area contributed by atoms with Crippen LogP contribution < -0.4 is 5.32 Å². The van der Waals surface area contributed by atoms with Gasteiger partial charge in [-0.2, -0.15) is 0 Å². The van der Waals surface area contributed by atoms with E-state index in [0.717, 1.165) is 36.1 Å². The van der Waals surface area contributed by atoms with E-state index in [9.17, 15) is 9.59 Å². The standard InChI is InChI=1S/C23H27ClN2O2S/c1-17(23(28)25-20-7-5-6-8-20)26(15-18-11-13-19(24)14-12-18)22(27)16-29-21-9-3-2-4-10-21/h2-4,9-14,17,20H,5-8,15-16H2,1H3,(H,25,28)/t17-/m1/s1. The van der Waals surface area contributed by atoms with Crippen LogP contribution in [0.1, 0.15) is 38.2 Å². The molecule has 0 spiro atoms. The van der Waals surface area contributed by atoms with Crippen molar-refractivity contribution in [3.05, 3.63) is 65.2 Å². The summed E-state index contributed by atoms with van der Waals surface area (Å²) in [5.74, 6) is 0.158. The molecule has 1 N–H and O–H groups in total. The molecule has 1 saturated carbocycles. The number of benzene rings is 2. The first-order valence-electron chi connectivity index (χ1n) is 10.0. The third-order valence-corrected chi connectivity index (χ3v) is 6.49. The van der Waals surface area contributed by atoms with Crippen LogP contribution in [0.3, 0.4) is 0 Å². The number of rotatable bonds is 8. The third kappa shape index (κ3) is 6.51. The van der Waals surface area contributed by atoms with Gasteiger partial charge >= 0.3 is 0 Å². The second-order valence-corrected chi connectivity index (χ2v) is 8.90. The van der Waals surface area contributed by atoms with E-state index in [1.54, 1.807) is 4.90 Å². The third-order valence-electron chi connectivity index (χ3n) is 5.24. The molecule has 1 fully saturated rings. The van der Waals surface area contributed by atoms with Crippen molar-refractivity contribution in [1.82, 2.24) is 10.2 Å². The van der Waals surface area contributed by atoms with Crippen LogP contribution in [-0.4, -0.2) is 34.6 Å². The number of nitrogens with one attached hydrogen (secondary N) is 1. The van der Waals surface area contributed by atoms with Crippen LogP contribution in [0.4, 0.5) is 0 Å². The number of carbonyl (C=O) groups is 2. The van der Waals surface area contributed by atoms with Gasteiger partial charge in [0.25, 0.3) is 0 Å². The van der Waals surface area contributed by atoms with Crippen molar-refractivity contribution in [1.29, 1.82) is 0 Å². The average Bonchev–Trinajstić information content (AvgIpc) is 3.25. The van der Waals surface area contributed by atoms with Crippen LogP contribution in [0.15, 0.2) is 59.5 Å². The topological polar surface area (TPSA) is 49.4 Å². The van der Waals surface area contributed by atoms with Crippen LogP contribution in [-0.2, 0) is 16.1 Å². The smallest absolute Gasteiger partial charge is 0.242 e. The highest BCUT2D eigenvalue weighted by molar-refractivity contribution is 8.00. The molecule has 0 bridgehead atoms. The Morgan fingerprint density at radius 2 is 1.76 bits per heavy atom. The number of hydrogen-bond acceptors (Lipinski definition) is 3. The molecule has 154 valence electrons. The van der Waals surface area contributed by atoms with E-state index >= 15 is 0 Å². The van der Waals surface area contributed by atoms with Crippen LogP contribution in [0.5, 0.6) is 0 Å². The summed E-state index contributed by atoms with van der Waals surface area (Å²) in [6.07, 6.45) is 4.35. The van der Waals surface area contributed by atoms with E-state index in [2.05, 4.69) is 5.32 Å². The number of carbonyl (C=O) groups excluding carboxylic acids is 2.